The minimum atomic E-state index is -0.863. The van der Waals surface area contributed by atoms with Crippen LogP contribution in [0.4, 0.5) is 4.79 Å². The molecule has 3 amide bonds. The molecule has 24 heavy (non-hydrogen) atoms. The van der Waals surface area contributed by atoms with Crippen molar-refractivity contribution >= 4 is 17.9 Å². The number of nitrogens with one attached hydrogen (secondary N) is 2. The standard InChI is InChI=1S/C17H25N3O4/c1-11(19-16(23)24-17(2,3)4)15(22)20-13(14(18)21)10-12-8-6-5-7-9-12/h5-9,11,13H,10H2,1-4H3,(H2,18,21)(H,19,23)(H,20,22)/t11-,13-/m0/s1. The molecule has 0 heterocycles. The SMILES string of the molecule is C[C@H](NC(=O)OC(C)(C)C)C(=O)N[C@@H](Cc1ccccc1)C(N)=O. The van der Waals surface area contributed by atoms with Crippen molar-refractivity contribution in [2.75, 3.05) is 0 Å². The molecule has 0 aliphatic carbocycles. The molecule has 0 spiro atoms. The van der Waals surface area contributed by atoms with Crippen LogP contribution in [0.5, 0.6) is 0 Å². The molecule has 0 aliphatic rings. The highest BCUT2D eigenvalue weighted by Gasteiger charge is 2.24. The Hall–Kier alpha value is -2.57. The van der Waals surface area contributed by atoms with Crippen molar-refractivity contribution in [3.05, 3.63) is 35.9 Å². The van der Waals surface area contributed by atoms with Crippen LogP contribution >= 0.6 is 0 Å². The molecule has 0 unspecified atom stereocenters. The number of ether oxygens (including phenoxy) is 1. The molecule has 0 bridgehead atoms. The lowest BCUT2D eigenvalue weighted by Crippen LogP contribution is -2.53. The summed E-state index contributed by atoms with van der Waals surface area (Å²) in [6.45, 7) is 6.67. The zero-order chi connectivity index (χ0) is 18.3. The van der Waals surface area contributed by atoms with Gasteiger partial charge in [-0.1, -0.05) is 30.3 Å². The monoisotopic (exact) mass is 335 g/mol. The number of rotatable bonds is 6. The number of nitrogens with two attached hydrogens (primary N) is 1. The number of carbonyl (C=O) groups is 3. The molecule has 7 nitrogen and oxygen atoms in total. The van der Waals surface area contributed by atoms with Gasteiger partial charge >= 0.3 is 6.09 Å². The average molecular weight is 335 g/mol. The fourth-order valence-corrected chi connectivity index (χ4v) is 1.92. The number of amides is 3. The van der Waals surface area contributed by atoms with Crippen molar-refractivity contribution in [1.82, 2.24) is 10.6 Å². The van der Waals surface area contributed by atoms with E-state index in [1.54, 1.807) is 20.8 Å². The third kappa shape index (κ3) is 7.13. The van der Waals surface area contributed by atoms with Crippen LogP contribution in [0.2, 0.25) is 0 Å². The van der Waals surface area contributed by atoms with E-state index in [1.165, 1.54) is 6.92 Å². The van der Waals surface area contributed by atoms with Crippen LogP contribution in [0.3, 0.4) is 0 Å². The number of benzene rings is 1. The number of hydrogen-bond acceptors (Lipinski definition) is 4. The summed E-state index contributed by atoms with van der Waals surface area (Å²) < 4.78 is 5.08. The lowest BCUT2D eigenvalue weighted by Gasteiger charge is -2.23. The molecule has 1 aromatic rings. The van der Waals surface area contributed by atoms with Gasteiger partial charge in [0.1, 0.15) is 17.7 Å². The van der Waals surface area contributed by atoms with E-state index in [9.17, 15) is 14.4 Å². The van der Waals surface area contributed by atoms with E-state index in [1.807, 2.05) is 30.3 Å². The Morgan fingerprint density at radius 2 is 1.71 bits per heavy atom. The average Bonchev–Trinajstić information content (AvgIpc) is 2.45. The van der Waals surface area contributed by atoms with Crippen LogP contribution < -0.4 is 16.4 Å². The van der Waals surface area contributed by atoms with Gasteiger partial charge in [-0.25, -0.2) is 4.79 Å². The lowest BCUT2D eigenvalue weighted by molar-refractivity contribution is -0.128. The van der Waals surface area contributed by atoms with Gasteiger partial charge in [-0.15, -0.1) is 0 Å². The lowest BCUT2D eigenvalue weighted by atomic mass is 10.1. The van der Waals surface area contributed by atoms with Gasteiger partial charge in [0.25, 0.3) is 0 Å². The van der Waals surface area contributed by atoms with Gasteiger partial charge in [-0.3, -0.25) is 9.59 Å². The maximum atomic E-state index is 12.2. The van der Waals surface area contributed by atoms with Gasteiger partial charge in [0.15, 0.2) is 0 Å². The van der Waals surface area contributed by atoms with E-state index in [0.29, 0.717) is 0 Å². The van der Waals surface area contributed by atoms with Gasteiger partial charge in [0.2, 0.25) is 11.8 Å². The van der Waals surface area contributed by atoms with Gasteiger partial charge in [0, 0.05) is 6.42 Å². The van der Waals surface area contributed by atoms with Gasteiger partial charge in [0.05, 0.1) is 0 Å². The highest BCUT2D eigenvalue weighted by molar-refractivity contribution is 5.90. The summed E-state index contributed by atoms with van der Waals surface area (Å²) in [6.07, 6.45) is -0.426. The van der Waals surface area contributed by atoms with E-state index in [0.717, 1.165) is 5.56 Å². The molecule has 0 aliphatic heterocycles. The normalized spacial score (nSPS) is 13.5. The van der Waals surface area contributed by atoms with Crippen molar-refractivity contribution in [3.63, 3.8) is 0 Å². The molecule has 0 fully saturated rings. The van der Waals surface area contributed by atoms with E-state index in [2.05, 4.69) is 10.6 Å². The summed E-state index contributed by atoms with van der Waals surface area (Å²) in [4.78, 5) is 35.4. The smallest absolute Gasteiger partial charge is 0.408 e. The fraction of sp³-hybridized carbons (Fsp3) is 0.471. The first-order valence-electron chi connectivity index (χ1n) is 7.71. The van der Waals surface area contributed by atoms with E-state index in [-0.39, 0.29) is 6.42 Å². The van der Waals surface area contributed by atoms with Crippen LogP contribution in [0, 0.1) is 0 Å². The Morgan fingerprint density at radius 1 is 1.12 bits per heavy atom. The Labute approximate surface area is 141 Å². The van der Waals surface area contributed by atoms with E-state index >= 15 is 0 Å². The first kappa shape index (κ1) is 19.5. The summed E-state index contributed by atoms with van der Waals surface area (Å²) in [5.74, 6) is -1.16. The predicted molar refractivity (Wildman–Crippen MR) is 90.1 cm³/mol. The second kappa shape index (κ2) is 8.33. The topological polar surface area (TPSA) is 111 Å². The van der Waals surface area contributed by atoms with Crippen molar-refractivity contribution in [1.29, 1.82) is 0 Å². The van der Waals surface area contributed by atoms with Crippen LogP contribution in [-0.2, 0) is 20.7 Å². The van der Waals surface area contributed by atoms with Crippen LogP contribution in [0.1, 0.15) is 33.3 Å². The van der Waals surface area contributed by atoms with Crippen LogP contribution in [0.25, 0.3) is 0 Å². The summed E-state index contributed by atoms with van der Waals surface area (Å²) >= 11 is 0. The van der Waals surface area contributed by atoms with E-state index in [4.69, 9.17) is 10.5 Å². The summed E-state index contributed by atoms with van der Waals surface area (Å²) in [5, 5.41) is 4.97. The highest BCUT2D eigenvalue weighted by atomic mass is 16.6. The maximum absolute atomic E-state index is 12.2. The molecule has 2 atom stereocenters. The number of alkyl carbamates (subject to hydrolysis) is 1. The minimum Gasteiger partial charge on any atom is -0.444 e. The molecule has 1 rings (SSSR count). The first-order chi connectivity index (χ1) is 11.1. The van der Waals surface area contributed by atoms with E-state index < -0.39 is 35.6 Å². The summed E-state index contributed by atoms with van der Waals surface area (Å²) in [6, 6.07) is 7.48. The van der Waals surface area contributed by atoms with Crippen molar-refractivity contribution in [3.8, 4) is 0 Å². The van der Waals surface area contributed by atoms with Crippen molar-refractivity contribution in [2.45, 2.75) is 51.8 Å². The Morgan fingerprint density at radius 3 is 2.21 bits per heavy atom. The molecule has 1 aromatic carbocycles. The van der Waals surface area contributed by atoms with Crippen LogP contribution in [-0.4, -0.2) is 35.6 Å². The maximum Gasteiger partial charge on any atom is 0.408 e. The minimum absolute atomic E-state index is 0.279. The van der Waals surface area contributed by atoms with Gasteiger partial charge in [-0.05, 0) is 33.3 Å². The van der Waals surface area contributed by atoms with Crippen molar-refractivity contribution in [2.24, 2.45) is 5.73 Å². The predicted octanol–water partition coefficient (Wildman–Crippen LogP) is 1.11. The molecule has 7 heteroatoms. The molecule has 4 N–H and O–H groups in total. The number of hydrogen-bond donors (Lipinski definition) is 3. The number of primary amides is 1. The Balaban J connectivity index is 2.61. The second-order valence-corrected chi connectivity index (χ2v) is 6.52. The van der Waals surface area contributed by atoms with Gasteiger partial charge in [-0.2, -0.15) is 0 Å². The number of carbonyl (C=O) groups excluding carboxylic acids is 3. The van der Waals surface area contributed by atoms with Crippen molar-refractivity contribution < 1.29 is 19.1 Å². The molecule has 0 radical (unpaired) electrons. The second-order valence-electron chi connectivity index (χ2n) is 6.52. The fourth-order valence-electron chi connectivity index (χ4n) is 1.92. The molecular formula is C17H25N3O4. The van der Waals surface area contributed by atoms with Crippen LogP contribution in [0.15, 0.2) is 30.3 Å². The molecule has 132 valence electrons. The van der Waals surface area contributed by atoms with Gasteiger partial charge < -0.3 is 21.1 Å². The Bertz CT molecular complexity index is 581. The molecule has 0 saturated heterocycles. The molecule has 0 saturated carbocycles. The third-order valence-corrected chi connectivity index (χ3v) is 3.07. The summed E-state index contributed by atoms with van der Waals surface area (Å²) in [5.41, 5.74) is 5.56. The molecule has 0 aromatic heterocycles. The first-order valence-corrected chi connectivity index (χ1v) is 7.71. The summed E-state index contributed by atoms with van der Waals surface area (Å²) in [7, 11) is 0. The Kier molecular flexibility index (Phi) is 6.76. The zero-order valence-electron chi connectivity index (χ0n) is 14.5. The molecular weight excluding hydrogens is 310 g/mol. The highest BCUT2D eigenvalue weighted by Crippen LogP contribution is 2.07. The largest absolute Gasteiger partial charge is 0.444 e. The zero-order valence-corrected chi connectivity index (χ0v) is 14.5. The third-order valence-electron chi connectivity index (χ3n) is 3.07. The quantitative estimate of drug-likeness (QED) is 0.723.